The molecule has 2 rings (SSSR count). The molecule has 0 aliphatic carbocycles. The van der Waals surface area contributed by atoms with Gasteiger partial charge in [-0.1, -0.05) is 6.07 Å². The van der Waals surface area contributed by atoms with Gasteiger partial charge >= 0.3 is 0 Å². The third kappa shape index (κ3) is 2.86. The highest BCUT2D eigenvalue weighted by atomic mass is 19.1. The Hall–Kier alpha value is -2.34. The predicted octanol–water partition coefficient (Wildman–Crippen LogP) is 4.11. The fraction of sp³-hybridized carbons (Fsp3) is 0.133. The molecule has 0 unspecified atom stereocenters. The van der Waals surface area contributed by atoms with Gasteiger partial charge < -0.3 is 4.74 Å². The van der Waals surface area contributed by atoms with Gasteiger partial charge in [-0.05, 0) is 49.2 Å². The highest BCUT2D eigenvalue weighted by Gasteiger charge is 2.04. The molecule has 0 N–H and O–H groups in total. The molecule has 0 saturated carbocycles. The predicted molar refractivity (Wildman–Crippen MR) is 67.1 cm³/mol. The summed E-state index contributed by atoms with van der Waals surface area (Å²) in [6, 6.07) is 11.6. The monoisotopic (exact) mass is 241 g/mol. The average Bonchev–Trinajstić information content (AvgIpc) is 2.26. The van der Waals surface area contributed by atoms with E-state index in [0.29, 0.717) is 11.5 Å². The molecule has 18 heavy (non-hydrogen) atoms. The number of nitriles is 1. The first kappa shape index (κ1) is 12.1. The molecule has 2 aromatic carbocycles. The maximum atomic E-state index is 13.2. The Bertz CT molecular complexity index is 609. The van der Waals surface area contributed by atoms with Crippen LogP contribution in [0.3, 0.4) is 0 Å². The van der Waals surface area contributed by atoms with Gasteiger partial charge in [0, 0.05) is 6.07 Å². The van der Waals surface area contributed by atoms with E-state index in [1.165, 1.54) is 18.2 Å². The molecular formula is C15H12FNO. The molecule has 90 valence electrons. The Kier molecular flexibility index (Phi) is 3.29. The lowest BCUT2D eigenvalue weighted by Gasteiger charge is -2.08. The molecule has 2 nitrogen and oxygen atoms in total. The second-order valence-corrected chi connectivity index (χ2v) is 4.21. The van der Waals surface area contributed by atoms with Gasteiger partial charge in [-0.15, -0.1) is 0 Å². The number of rotatable bonds is 2. The SMILES string of the molecule is Cc1cc(C)cc(Oc2cc(F)cc(C#N)c2)c1. The number of benzene rings is 2. The molecule has 0 atom stereocenters. The minimum atomic E-state index is -0.478. The highest BCUT2D eigenvalue weighted by molar-refractivity contribution is 5.41. The number of aryl methyl sites for hydroxylation is 2. The fourth-order valence-corrected chi connectivity index (χ4v) is 1.81. The fourth-order valence-electron chi connectivity index (χ4n) is 1.81. The zero-order valence-corrected chi connectivity index (χ0v) is 10.2. The van der Waals surface area contributed by atoms with E-state index >= 15 is 0 Å². The van der Waals surface area contributed by atoms with Crippen LogP contribution in [-0.2, 0) is 0 Å². The Morgan fingerprint density at radius 1 is 0.944 bits per heavy atom. The van der Waals surface area contributed by atoms with E-state index in [0.717, 1.165) is 11.1 Å². The van der Waals surface area contributed by atoms with E-state index < -0.39 is 5.82 Å². The highest BCUT2D eigenvalue weighted by Crippen LogP contribution is 2.25. The summed E-state index contributed by atoms with van der Waals surface area (Å²) in [5, 5.41) is 8.77. The quantitative estimate of drug-likeness (QED) is 0.792. The Morgan fingerprint density at radius 3 is 2.17 bits per heavy atom. The summed E-state index contributed by atoms with van der Waals surface area (Å²) in [5.41, 5.74) is 2.39. The van der Waals surface area contributed by atoms with Crippen LogP contribution >= 0.6 is 0 Å². The van der Waals surface area contributed by atoms with Crippen molar-refractivity contribution in [2.45, 2.75) is 13.8 Å². The molecule has 0 aromatic heterocycles. The van der Waals surface area contributed by atoms with E-state index in [9.17, 15) is 4.39 Å². The maximum Gasteiger partial charge on any atom is 0.131 e. The van der Waals surface area contributed by atoms with Gasteiger partial charge in [0.15, 0.2) is 0 Å². The summed E-state index contributed by atoms with van der Waals surface area (Å²) in [7, 11) is 0. The van der Waals surface area contributed by atoms with Gasteiger partial charge in [-0.25, -0.2) is 4.39 Å². The first-order valence-electron chi connectivity index (χ1n) is 5.53. The third-order valence-corrected chi connectivity index (χ3v) is 2.43. The summed E-state index contributed by atoms with van der Waals surface area (Å²) in [6.07, 6.45) is 0. The van der Waals surface area contributed by atoms with Crippen molar-refractivity contribution in [2.75, 3.05) is 0 Å². The van der Waals surface area contributed by atoms with Crippen molar-refractivity contribution in [3.8, 4) is 17.6 Å². The van der Waals surface area contributed by atoms with Gasteiger partial charge in [-0.3, -0.25) is 0 Å². The van der Waals surface area contributed by atoms with Crippen molar-refractivity contribution in [1.29, 1.82) is 5.26 Å². The summed E-state index contributed by atoms with van der Waals surface area (Å²) >= 11 is 0. The molecule has 0 aliphatic heterocycles. The van der Waals surface area contributed by atoms with Crippen LogP contribution in [0.1, 0.15) is 16.7 Å². The number of hydrogen-bond donors (Lipinski definition) is 0. The standard InChI is InChI=1S/C15H12FNO/c1-10-3-11(2)5-14(4-10)18-15-7-12(9-17)6-13(16)8-15/h3-8H,1-2H3. The third-order valence-electron chi connectivity index (χ3n) is 2.43. The van der Waals surface area contributed by atoms with Gasteiger partial charge in [0.05, 0.1) is 11.6 Å². The molecule has 0 radical (unpaired) electrons. The molecule has 0 amide bonds. The van der Waals surface area contributed by atoms with Gasteiger partial charge in [-0.2, -0.15) is 5.26 Å². The zero-order valence-electron chi connectivity index (χ0n) is 10.2. The normalized spacial score (nSPS) is 9.89. The minimum Gasteiger partial charge on any atom is -0.457 e. The summed E-state index contributed by atoms with van der Waals surface area (Å²) in [4.78, 5) is 0. The maximum absolute atomic E-state index is 13.2. The molecule has 2 aromatic rings. The zero-order chi connectivity index (χ0) is 13.1. The van der Waals surface area contributed by atoms with E-state index in [1.807, 2.05) is 38.1 Å². The van der Waals surface area contributed by atoms with Crippen LogP contribution in [-0.4, -0.2) is 0 Å². The molecule has 0 aliphatic rings. The van der Waals surface area contributed by atoms with Crippen LogP contribution < -0.4 is 4.74 Å². The van der Waals surface area contributed by atoms with Crippen LogP contribution in [0.25, 0.3) is 0 Å². The molecule has 0 fully saturated rings. The Morgan fingerprint density at radius 2 is 1.56 bits per heavy atom. The molecular weight excluding hydrogens is 229 g/mol. The second kappa shape index (κ2) is 4.89. The summed E-state index contributed by atoms with van der Waals surface area (Å²) < 4.78 is 18.8. The second-order valence-electron chi connectivity index (χ2n) is 4.21. The minimum absolute atomic E-state index is 0.245. The van der Waals surface area contributed by atoms with E-state index in [4.69, 9.17) is 10.00 Å². The lowest BCUT2D eigenvalue weighted by Crippen LogP contribution is -1.89. The Labute approximate surface area is 105 Å². The Balaban J connectivity index is 2.34. The van der Waals surface area contributed by atoms with Crippen molar-refractivity contribution in [1.82, 2.24) is 0 Å². The summed E-state index contributed by atoms with van der Waals surface area (Å²) in [6.45, 7) is 3.93. The largest absolute Gasteiger partial charge is 0.457 e. The van der Waals surface area contributed by atoms with Crippen molar-refractivity contribution >= 4 is 0 Å². The van der Waals surface area contributed by atoms with Crippen LogP contribution in [0.5, 0.6) is 11.5 Å². The molecule has 0 spiro atoms. The molecule has 0 bridgehead atoms. The number of halogens is 1. The van der Waals surface area contributed by atoms with Crippen molar-refractivity contribution in [3.05, 3.63) is 58.9 Å². The van der Waals surface area contributed by atoms with Crippen LogP contribution in [0.15, 0.2) is 36.4 Å². The van der Waals surface area contributed by atoms with E-state index in [2.05, 4.69) is 0 Å². The number of ether oxygens (including phenoxy) is 1. The van der Waals surface area contributed by atoms with Crippen LogP contribution in [0, 0.1) is 31.0 Å². The number of nitrogens with zero attached hydrogens (tertiary/aromatic N) is 1. The van der Waals surface area contributed by atoms with Gasteiger partial charge in [0.25, 0.3) is 0 Å². The van der Waals surface area contributed by atoms with Gasteiger partial charge in [0.1, 0.15) is 17.3 Å². The first-order valence-corrected chi connectivity index (χ1v) is 5.53. The van der Waals surface area contributed by atoms with Crippen molar-refractivity contribution in [2.24, 2.45) is 0 Å². The van der Waals surface area contributed by atoms with E-state index in [1.54, 1.807) is 0 Å². The average molecular weight is 241 g/mol. The van der Waals surface area contributed by atoms with Crippen LogP contribution in [0.4, 0.5) is 4.39 Å². The van der Waals surface area contributed by atoms with Crippen LogP contribution in [0.2, 0.25) is 0 Å². The topological polar surface area (TPSA) is 33.0 Å². The number of hydrogen-bond acceptors (Lipinski definition) is 2. The van der Waals surface area contributed by atoms with Crippen molar-refractivity contribution in [3.63, 3.8) is 0 Å². The van der Waals surface area contributed by atoms with Crippen molar-refractivity contribution < 1.29 is 9.13 Å². The smallest absolute Gasteiger partial charge is 0.131 e. The lowest BCUT2D eigenvalue weighted by atomic mass is 10.1. The molecule has 3 heteroatoms. The first-order chi connectivity index (χ1) is 8.56. The van der Waals surface area contributed by atoms with Gasteiger partial charge in [0.2, 0.25) is 0 Å². The molecule has 0 saturated heterocycles. The lowest BCUT2D eigenvalue weighted by molar-refractivity contribution is 0.476. The van der Waals surface area contributed by atoms with E-state index in [-0.39, 0.29) is 5.56 Å². The molecule has 0 heterocycles. The summed E-state index contributed by atoms with van der Waals surface area (Å²) in [5.74, 6) is 0.493.